The van der Waals surface area contributed by atoms with E-state index in [2.05, 4.69) is 20.8 Å². The van der Waals surface area contributed by atoms with Gasteiger partial charge in [-0.05, 0) is 54.5 Å². The van der Waals surface area contributed by atoms with Crippen molar-refractivity contribution in [2.75, 3.05) is 5.32 Å². The van der Waals surface area contributed by atoms with Gasteiger partial charge in [0.15, 0.2) is 0 Å². The zero-order valence-electron chi connectivity index (χ0n) is 15.5. The molecule has 1 N–H and O–H groups in total. The van der Waals surface area contributed by atoms with Gasteiger partial charge in [-0.15, -0.1) is 5.10 Å². The number of nitro benzene ring substituents is 1. The molecule has 144 valence electrons. The van der Waals surface area contributed by atoms with E-state index in [9.17, 15) is 14.9 Å². The van der Waals surface area contributed by atoms with Crippen molar-refractivity contribution >= 4 is 29.0 Å². The van der Waals surface area contributed by atoms with Crippen molar-refractivity contribution in [2.24, 2.45) is 0 Å². The Kier molecular flexibility index (Phi) is 5.69. The van der Waals surface area contributed by atoms with Gasteiger partial charge in [-0.1, -0.05) is 30.0 Å². The van der Waals surface area contributed by atoms with Crippen LogP contribution in [-0.4, -0.2) is 36.3 Å². The number of thioether (sulfide) groups is 1. The highest BCUT2D eigenvalue weighted by atomic mass is 32.2. The molecule has 0 fully saturated rings. The van der Waals surface area contributed by atoms with Crippen LogP contribution in [0, 0.1) is 24.0 Å². The second-order valence-electron chi connectivity index (χ2n) is 6.17. The first-order valence-electron chi connectivity index (χ1n) is 8.43. The number of hydrogen-bond acceptors (Lipinski definition) is 7. The molecular formula is C18H18N6O3S. The molecule has 0 aliphatic carbocycles. The van der Waals surface area contributed by atoms with Gasteiger partial charge in [0.2, 0.25) is 11.1 Å². The number of amides is 1. The van der Waals surface area contributed by atoms with Crippen LogP contribution in [0.3, 0.4) is 0 Å². The SMILES string of the molecule is Cc1cccc(C)c1-n1nnnc1SC(C)C(=O)Nc1ccc([N+](=O)[O-])cc1. The molecule has 0 saturated carbocycles. The number of nitro groups is 1. The Hall–Kier alpha value is -3.27. The van der Waals surface area contributed by atoms with Gasteiger partial charge in [0, 0.05) is 17.8 Å². The first kappa shape index (κ1) is 19.5. The molecule has 2 aromatic carbocycles. The van der Waals surface area contributed by atoms with Crippen molar-refractivity contribution in [1.82, 2.24) is 20.2 Å². The van der Waals surface area contributed by atoms with E-state index in [4.69, 9.17) is 0 Å². The fourth-order valence-corrected chi connectivity index (χ4v) is 3.45. The van der Waals surface area contributed by atoms with Crippen molar-refractivity contribution in [1.29, 1.82) is 0 Å². The molecule has 0 radical (unpaired) electrons. The maximum atomic E-state index is 12.5. The summed E-state index contributed by atoms with van der Waals surface area (Å²) in [5, 5.41) is 25.3. The zero-order chi connectivity index (χ0) is 20.3. The summed E-state index contributed by atoms with van der Waals surface area (Å²) in [6.07, 6.45) is 0. The quantitative estimate of drug-likeness (QED) is 0.385. The molecule has 10 heteroatoms. The average molecular weight is 398 g/mol. The van der Waals surface area contributed by atoms with Gasteiger partial charge in [-0.3, -0.25) is 14.9 Å². The lowest BCUT2D eigenvalue weighted by molar-refractivity contribution is -0.384. The molecule has 0 spiro atoms. The van der Waals surface area contributed by atoms with Crippen molar-refractivity contribution in [3.63, 3.8) is 0 Å². The van der Waals surface area contributed by atoms with Crippen LogP contribution in [0.25, 0.3) is 5.69 Å². The molecule has 3 aromatic rings. The molecule has 0 bridgehead atoms. The molecule has 28 heavy (non-hydrogen) atoms. The van der Waals surface area contributed by atoms with Gasteiger partial charge in [0.05, 0.1) is 15.9 Å². The zero-order valence-corrected chi connectivity index (χ0v) is 16.3. The number of carbonyl (C=O) groups excluding carboxylic acids is 1. The summed E-state index contributed by atoms with van der Waals surface area (Å²) >= 11 is 1.23. The molecule has 1 amide bonds. The molecule has 9 nitrogen and oxygen atoms in total. The van der Waals surface area contributed by atoms with Crippen LogP contribution < -0.4 is 5.32 Å². The summed E-state index contributed by atoms with van der Waals surface area (Å²) < 4.78 is 1.63. The van der Waals surface area contributed by atoms with Crippen molar-refractivity contribution in [3.8, 4) is 5.69 Å². The fourth-order valence-electron chi connectivity index (χ4n) is 2.65. The molecule has 1 atom stereocenters. The molecule has 0 aliphatic heterocycles. The summed E-state index contributed by atoms with van der Waals surface area (Å²) in [4.78, 5) is 22.7. The van der Waals surface area contributed by atoms with E-state index in [1.54, 1.807) is 11.6 Å². The van der Waals surface area contributed by atoms with Crippen molar-refractivity contribution in [3.05, 3.63) is 63.7 Å². The largest absolute Gasteiger partial charge is 0.325 e. The lowest BCUT2D eigenvalue weighted by atomic mass is 10.1. The molecule has 3 rings (SSSR count). The Balaban J connectivity index is 1.73. The smallest absolute Gasteiger partial charge is 0.269 e. The van der Waals surface area contributed by atoms with Gasteiger partial charge in [-0.2, -0.15) is 4.68 Å². The van der Waals surface area contributed by atoms with Crippen LogP contribution >= 0.6 is 11.8 Å². The first-order chi connectivity index (χ1) is 13.4. The van der Waals surface area contributed by atoms with Crippen molar-refractivity contribution < 1.29 is 9.72 Å². The number of tetrazole rings is 1. The highest BCUT2D eigenvalue weighted by Crippen LogP contribution is 2.27. The van der Waals surface area contributed by atoms with E-state index < -0.39 is 10.2 Å². The lowest BCUT2D eigenvalue weighted by Crippen LogP contribution is -2.23. The number of aryl methyl sites for hydroxylation is 2. The van der Waals surface area contributed by atoms with E-state index >= 15 is 0 Å². The number of nitrogens with one attached hydrogen (secondary N) is 1. The Bertz CT molecular complexity index is 998. The summed E-state index contributed by atoms with van der Waals surface area (Å²) in [6.45, 7) is 5.70. The van der Waals surface area contributed by atoms with Crippen LogP contribution in [-0.2, 0) is 4.79 Å². The Labute approximate surface area is 165 Å². The predicted molar refractivity (Wildman–Crippen MR) is 106 cm³/mol. The van der Waals surface area contributed by atoms with Gasteiger partial charge >= 0.3 is 0 Å². The van der Waals surface area contributed by atoms with Crippen LogP contribution in [0.4, 0.5) is 11.4 Å². The Morgan fingerprint density at radius 1 is 1.18 bits per heavy atom. The third kappa shape index (κ3) is 4.17. The van der Waals surface area contributed by atoms with E-state index in [1.807, 2.05) is 32.0 Å². The Morgan fingerprint density at radius 2 is 1.82 bits per heavy atom. The summed E-state index contributed by atoms with van der Waals surface area (Å²) in [7, 11) is 0. The number of aromatic nitrogens is 4. The monoisotopic (exact) mass is 398 g/mol. The van der Waals surface area contributed by atoms with Gasteiger partial charge in [0.25, 0.3) is 5.69 Å². The highest BCUT2D eigenvalue weighted by molar-refractivity contribution is 8.00. The number of nitrogens with zero attached hydrogens (tertiary/aromatic N) is 5. The molecule has 1 aromatic heterocycles. The standard InChI is InChI=1S/C18H18N6O3S/c1-11-5-4-6-12(2)16(11)23-18(20-21-22-23)28-13(3)17(25)19-14-7-9-15(10-8-14)24(26)27/h4-10,13H,1-3H3,(H,19,25). The fraction of sp³-hybridized carbons (Fsp3) is 0.222. The lowest BCUT2D eigenvalue weighted by Gasteiger charge is -2.13. The molecule has 0 saturated heterocycles. The number of rotatable bonds is 6. The van der Waals surface area contributed by atoms with Crippen molar-refractivity contribution in [2.45, 2.75) is 31.2 Å². The van der Waals surface area contributed by atoms with E-state index in [1.165, 1.54) is 36.0 Å². The minimum atomic E-state index is -0.489. The van der Waals surface area contributed by atoms with Crippen LogP contribution in [0.1, 0.15) is 18.1 Å². The van der Waals surface area contributed by atoms with Gasteiger partial charge in [-0.25, -0.2) is 0 Å². The maximum Gasteiger partial charge on any atom is 0.269 e. The second-order valence-corrected chi connectivity index (χ2v) is 7.47. The second kappa shape index (κ2) is 8.17. The molecule has 0 aliphatic rings. The van der Waals surface area contributed by atoms with E-state index in [-0.39, 0.29) is 11.6 Å². The van der Waals surface area contributed by atoms with Crippen LogP contribution in [0.15, 0.2) is 47.6 Å². The first-order valence-corrected chi connectivity index (χ1v) is 9.31. The average Bonchev–Trinajstić information content (AvgIpc) is 3.09. The van der Waals surface area contributed by atoms with Crippen LogP contribution in [0.5, 0.6) is 0 Å². The normalized spacial score (nSPS) is 11.8. The number of benzene rings is 2. The minimum absolute atomic E-state index is 0.0341. The summed E-state index contributed by atoms with van der Waals surface area (Å²) in [5.41, 5.74) is 3.39. The topological polar surface area (TPSA) is 116 Å². The number of carbonyl (C=O) groups is 1. The third-order valence-corrected chi connectivity index (χ3v) is 5.12. The number of anilines is 1. The third-order valence-electron chi connectivity index (χ3n) is 4.09. The maximum absolute atomic E-state index is 12.5. The number of hydrogen-bond donors (Lipinski definition) is 1. The molecular weight excluding hydrogens is 380 g/mol. The summed E-state index contributed by atoms with van der Waals surface area (Å²) in [5.74, 6) is -0.255. The molecule has 1 heterocycles. The predicted octanol–water partition coefficient (Wildman–Crippen LogP) is 3.31. The van der Waals surface area contributed by atoms with Gasteiger partial charge in [0.1, 0.15) is 0 Å². The summed E-state index contributed by atoms with van der Waals surface area (Å²) in [6, 6.07) is 11.6. The number of para-hydroxylation sites is 1. The number of non-ortho nitro benzene ring substituents is 1. The molecule has 1 unspecified atom stereocenters. The van der Waals surface area contributed by atoms with E-state index in [0.29, 0.717) is 10.8 Å². The van der Waals surface area contributed by atoms with Crippen LogP contribution in [0.2, 0.25) is 0 Å². The Morgan fingerprint density at radius 3 is 2.43 bits per heavy atom. The van der Waals surface area contributed by atoms with Gasteiger partial charge < -0.3 is 5.32 Å². The van der Waals surface area contributed by atoms with E-state index in [0.717, 1.165) is 16.8 Å². The minimum Gasteiger partial charge on any atom is -0.325 e. The highest BCUT2D eigenvalue weighted by Gasteiger charge is 2.21.